The number of aromatic amines is 1. The van der Waals surface area contributed by atoms with Crippen LogP contribution in [0.2, 0.25) is 0 Å². The first-order chi connectivity index (χ1) is 13.9. The number of aromatic nitrogens is 2. The molecule has 0 saturated carbocycles. The third-order valence-corrected chi connectivity index (χ3v) is 8.52. The molecule has 0 unspecified atom stereocenters. The number of amides is 1. The Labute approximate surface area is 181 Å². The first kappa shape index (κ1) is 20.6. The molecule has 7 nitrogen and oxygen atoms in total. The van der Waals surface area contributed by atoms with Crippen molar-refractivity contribution in [2.24, 2.45) is 0 Å². The summed E-state index contributed by atoms with van der Waals surface area (Å²) in [4.78, 5) is 24.6. The predicted molar refractivity (Wildman–Crippen MR) is 119 cm³/mol. The highest BCUT2D eigenvalue weighted by Crippen LogP contribution is 2.36. The fourth-order valence-corrected chi connectivity index (χ4v) is 6.15. The Bertz CT molecular complexity index is 1020. The molecule has 3 aromatic rings. The lowest BCUT2D eigenvalue weighted by atomic mass is 10.2. The molecule has 0 radical (unpaired) electrons. The van der Waals surface area contributed by atoms with Crippen molar-refractivity contribution in [2.75, 3.05) is 38.2 Å². The highest BCUT2D eigenvalue weighted by atomic mass is 32.2. The van der Waals surface area contributed by atoms with E-state index in [9.17, 15) is 13.2 Å². The molecular formula is C18H20N4O3S4. The molecule has 0 bridgehead atoms. The van der Waals surface area contributed by atoms with Crippen LogP contribution in [0.3, 0.4) is 0 Å². The van der Waals surface area contributed by atoms with E-state index < -0.39 is 10.0 Å². The second-order valence-electron chi connectivity index (χ2n) is 6.55. The zero-order valence-corrected chi connectivity index (χ0v) is 19.0. The zero-order valence-electron chi connectivity index (χ0n) is 15.7. The molecule has 11 heteroatoms. The van der Waals surface area contributed by atoms with Crippen LogP contribution < -0.4 is 0 Å². The van der Waals surface area contributed by atoms with E-state index in [4.69, 9.17) is 4.98 Å². The third kappa shape index (κ3) is 4.75. The van der Waals surface area contributed by atoms with Gasteiger partial charge < -0.3 is 9.88 Å². The van der Waals surface area contributed by atoms with Crippen molar-refractivity contribution < 1.29 is 13.2 Å². The van der Waals surface area contributed by atoms with E-state index in [0.29, 0.717) is 31.3 Å². The lowest BCUT2D eigenvalue weighted by molar-refractivity contribution is -0.129. The van der Waals surface area contributed by atoms with Crippen molar-refractivity contribution in [1.82, 2.24) is 19.2 Å². The number of carbonyl (C=O) groups is 1. The van der Waals surface area contributed by atoms with Crippen molar-refractivity contribution in [2.45, 2.75) is 5.16 Å². The Balaban J connectivity index is 1.43. The number of rotatable bonds is 6. The number of hydrogen-bond acceptors (Lipinski definition) is 7. The number of carbonyl (C=O) groups excluding carboxylic acids is 1. The van der Waals surface area contributed by atoms with Gasteiger partial charge in [0.1, 0.15) is 5.69 Å². The van der Waals surface area contributed by atoms with Gasteiger partial charge in [0.25, 0.3) is 0 Å². The minimum atomic E-state index is -3.20. The van der Waals surface area contributed by atoms with Gasteiger partial charge in [-0.15, -0.1) is 22.7 Å². The number of piperazine rings is 1. The molecule has 0 atom stereocenters. The molecule has 4 rings (SSSR count). The molecule has 4 heterocycles. The first-order valence-corrected chi connectivity index (χ1v) is 13.5. The monoisotopic (exact) mass is 468 g/mol. The highest BCUT2D eigenvalue weighted by molar-refractivity contribution is 7.99. The molecule has 1 N–H and O–H groups in total. The second-order valence-corrected chi connectivity index (χ2v) is 11.4. The number of thioether (sulfide) groups is 1. The Morgan fingerprint density at radius 2 is 1.79 bits per heavy atom. The molecule has 154 valence electrons. The van der Waals surface area contributed by atoms with Crippen molar-refractivity contribution in [3.63, 3.8) is 0 Å². The van der Waals surface area contributed by atoms with Gasteiger partial charge in [0.15, 0.2) is 5.16 Å². The lowest BCUT2D eigenvalue weighted by Gasteiger charge is -2.33. The van der Waals surface area contributed by atoms with Gasteiger partial charge in [-0.25, -0.2) is 13.4 Å². The minimum Gasteiger partial charge on any atom is -0.339 e. The van der Waals surface area contributed by atoms with E-state index in [0.717, 1.165) is 21.1 Å². The van der Waals surface area contributed by atoms with Gasteiger partial charge in [-0.1, -0.05) is 23.9 Å². The zero-order chi connectivity index (χ0) is 20.4. The first-order valence-electron chi connectivity index (χ1n) is 8.95. The standard InChI is InChI=1S/C18H20N4O3S4/c1-29(24,25)22-8-6-21(7-9-22)15(23)12-28-18-19-16(13-4-2-10-26-13)17(20-18)14-5-3-11-27-14/h2-5,10-11H,6-9,12H2,1H3,(H,19,20). The number of sulfonamides is 1. The summed E-state index contributed by atoms with van der Waals surface area (Å²) in [7, 11) is -3.20. The molecule has 3 aromatic heterocycles. The quantitative estimate of drug-likeness (QED) is 0.562. The van der Waals surface area contributed by atoms with Crippen LogP contribution in [-0.4, -0.2) is 71.7 Å². The summed E-state index contributed by atoms with van der Waals surface area (Å²) in [6.07, 6.45) is 1.20. The lowest BCUT2D eigenvalue weighted by Crippen LogP contribution is -2.50. The van der Waals surface area contributed by atoms with Crippen LogP contribution >= 0.6 is 34.4 Å². The summed E-state index contributed by atoms with van der Waals surface area (Å²) in [5.41, 5.74) is 1.87. The van der Waals surface area contributed by atoms with Crippen LogP contribution in [0.1, 0.15) is 0 Å². The van der Waals surface area contributed by atoms with Crippen molar-refractivity contribution in [1.29, 1.82) is 0 Å². The smallest absolute Gasteiger partial charge is 0.233 e. The molecule has 0 aromatic carbocycles. The number of imidazole rings is 1. The van der Waals surface area contributed by atoms with Gasteiger partial charge in [-0.3, -0.25) is 4.79 Å². The number of H-pyrrole nitrogens is 1. The fourth-order valence-electron chi connectivity index (χ4n) is 3.10. The van der Waals surface area contributed by atoms with Crippen LogP contribution in [0, 0.1) is 0 Å². The molecule has 1 fully saturated rings. The molecular weight excluding hydrogens is 448 g/mol. The van der Waals surface area contributed by atoms with E-state index in [1.807, 2.05) is 29.0 Å². The van der Waals surface area contributed by atoms with Gasteiger partial charge in [0.2, 0.25) is 15.9 Å². The second kappa shape index (κ2) is 8.60. The summed E-state index contributed by atoms with van der Waals surface area (Å²) in [5, 5.41) is 4.76. The summed E-state index contributed by atoms with van der Waals surface area (Å²) in [5.74, 6) is 0.259. The molecule has 29 heavy (non-hydrogen) atoms. The summed E-state index contributed by atoms with van der Waals surface area (Å²) < 4.78 is 24.6. The summed E-state index contributed by atoms with van der Waals surface area (Å²) >= 11 is 4.66. The van der Waals surface area contributed by atoms with Crippen molar-refractivity contribution in [3.05, 3.63) is 35.0 Å². The van der Waals surface area contributed by atoms with Crippen LogP contribution in [-0.2, 0) is 14.8 Å². The van der Waals surface area contributed by atoms with E-state index in [1.165, 1.54) is 22.3 Å². The maximum absolute atomic E-state index is 12.6. The normalized spacial score (nSPS) is 15.7. The molecule has 1 aliphatic rings. The SMILES string of the molecule is CS(=O)(=O)N1CCN(C(=O)CSc2nc(-c3cccs3)c(-c3cccs3)[nH]2)CC1. The molecule has 1 aliphatic heterocycles. The number of nitrogens with one attached hydrogen (secondary N) is 1. The number of nitrogens with zero attached hydrogens (tertiary/aromatic N) is 3. The Kier molecular flexibility index (Phi) is 6.11. The van der Waals surface area contributed by atoms with Crippen LogP contribution in [0.5, 0.6) is 0 Å². The van der Waals surface area contributed by atoms with Gasteiger partial charge in [-0.2, -0.15) is 4.31 Å². The van der Waals surface area contributed by atoms with Crippen LogP contribution in [0.25, 0.3) is 21.1 Å². The van der Waals surface area contributed by atoms with Gasteiger partial charge in [-0.05, 0) is 22.9 Å². The Morgan fingerprint density at radius 3 is 2.38 bits per heavy atom. The van der Waals surface area contributed by atoms with Gasteiger partial charge >= 0.3 is 0 Å². The van der Waals surface area contributed by atoms with Crippen LogP contribution in [0.15, 0.2) is 40.2 Å². The number of hydrogen-bond donors (Lipinski definition) is 1. The molecule has 1 saturated heterocycles. The third-order valence-electron chi connectivity index (χ3n) is 4.60. The average molecular weight is 469 g/mol. The maximum Gasteiger partial charge on any atom is 0.233 e. The van der Waals surface area contributed by atoms with Crippen LogP contribution in [0.4, 0.5) is 0 Å². The molecule has 0 spiro atoms. The molecule has 1 amide bonds. The number of thiophene rings is 2. The summed E-state index contributed by atoms with van der Waals surface area (Å²) in [6.45, 7) is 1.54. The Morgan fingerprint density at radius 1 is 1.14 bits per heavy atom. The molecule has 0 aliphatic carbocycles. The largest absolute Gasteiger partial charge is 0.339 e. The van der Waals surface area contributed by atoms with Crippen molar-refractivity contribution >= 4 is 50.4 Å². The summed E-state index contributed by atoms with van der Waals surface area (Å²) in [6, 6.07) is 8.10. The van der Waals surface area contributed by atoms with Gasteiger partial charge in [0, 0.05) is 26.2 Å². The average Bonchev–Trinajstić information content (AvgIpc) is 3.46. The van der Waals surface area contributed by atoms with Crippen molar-refractivity contribution in [3.8, 4) is 21.1 Å². The van der Waals surface area contributed by atoms with E-state index >= 15 is 0 Å². The predicted octanol–water partition coefficient (Wildman–Crippen LogP) is 3.06. The van der Waals surface area contributed by atoms with Gasteiger partial charge in [0.05, 0.1) is 27.5 Å². The van der Waals surface area contributed by atoms with E-state index in [-0.39, 0.29) is 11.7 Å². The minimum absolute atomic E-state index is 0.00472. The highest BCUT2D eigenvalue weighted by Gasteiger charge is 2.26. The maximum atomic E-state index is 12.6. The topological polar surface area (TPSA) is 86.4 Å². The van der Waals surface area contributed by atoms with E-state index in [2.05, 4.69) is 11.1 Å². The Hall–Kier alpha value is -1.66. The fraction of sp³-hybridized carbons (Fsp3) is 0.333. The van der Waals surface area contributed by atoms with E-state index in [1.54, 1.807) is 27.6 Å².